The molecule has 0 unspecified atom stereocenters. The zero-order valence-corrected chi connectivity index (χ0v) is 15.4. The molecule has 3 rings (SSSR count). The van der Waals surface area contributed by atoms with Gasteiger partial charge in [-0.25, -0.2) is 14.6 Å². The molecule has 0 atom stereocenters. The molecule has 0 saturated heterocycles. The quantitative estimate of drug-likeness (QED) is 0.736. The van der Waals surface area contributed by atoms with Crippen LogP contribution in [0.2, 0.25) is 0 Å². The number of nitrogens with zero attached hydrogens (tertiary/aromatic N) is 4. The fraction of sp³-hybridized carbons (Fsp3) is 0.333. The monoisotopic (exact) mass is 355 g/mol. The Hall–Kier alpha value is -2.54. The lowest BCUT2D eigenvalue weighted by molar-refractivity contribution is -0.117. The van der Waals surface area contributed by atoms with Crippen LogP contribution in [0.25, 0.3) is 10.7 Å². The van der Waals surface area contributed by atoms with Crippen LogP contribution in [-0.4, -0.2) is 25.7 Å². The van der Waals surface area contributed by atoms with Crippen molar-refractivity contribution >= 4 is 17.2 Å². The van der Waals surface area contributed by atoms with Gasteiger partial charge in [0.15, 0.2) is 11.6 Å². The number of hydrogen-bond donors (Lipinski definition) is 1. The predicted octanol–water partition coefficient (Wildman–Crippen LogP) is 2.66. The second-order valence-corrected chi connectivity index (χ2v) is 7.10. The molecule has 1 amide bonds. The first-order valence-corrected chi connectivity index (χ1v) is 9.02. The average molecular weight is 355 g/mol. The first kappa shape index (κ1) is 17.3. The van der Waals surface area contributed by atoms with Gasteiger partial charge in [0, 0.05) is 0 Å². The largest absolute Gasteiger partial charge is 0.369 e. The number of hydrogen-bond acceptors (Lipinski definition) is 5. The zero-order chi connectivity index (χ0) is 18.0. The lowest BCUT2D eigenvalue weighted by Crippen LogP contribution is -2.15. The SMILES string of the molecule is CCc1nc(C)c(-c2nc(CC(N)=O)nn2Cc2ccc(C)cc2)s1. The van der Waals surface area contributed by atoms with E-state index in [0.29, 0.717) is 12.4 Å². The molecule has 0 aliphatic carbocycles. The number of aryl methyl sites for hydroxylation is 3. The summed E-state index contributed by atoms with van der Waals surface area (Å²) in [6.45, 7) is 6.70. The molecule has 130 valence electrons. The zero-order valence-electron chi connectivity index (χ0n) is 14.6. The van der Waals surface area contributed by atoms with E-state index in [1.165, 1.54) is 5.56 Å². The van der Waals surface area contributed by atoms with Crippen molar-refractivity contribution < 1.29 is 4.79 Å². The molecule has 0 spiro atoms. The van der Waals surface area contributed by atoms with E-state index in [1.807, 2.05) is 11.6 Å². The summed E-state index contributed by atoms with van der Waals surface area (Å²) in [4.78, 5) is 21.4. The van der Waals surface area contributed by atoms with E-state index >= 15 is 0 Å². The minimum atomic E-state index is -0.436. The Balaban J connectivity index is 2.02. The van der Waals surface area contributed by atoms with Gasteiger partial charge >= 0.3 is 0 Å². The van der Waals surface area contributed by atoms with Crippen LogP contribution in [0.3, 0.4) is 0 Å². The Morgan fingerprint density at radius 3 is 2.52 bits per heavy atom. The highest BCUT2D eigenvalue weighted by Gasteiger charge is 2.18. The molecular formula is C18H21N5OS. The fourth-order valence-corrected chi connectivity index (χ4v) is 3.57. The van der Waals surface area contributed by atoms with Gasteiger partial charge in [-0.2, -0.15) is 5.10 Å². The summed E-state index contributed by atoms with van der Waals surface area (Å²) in [5, 5.41) is 5.57. The van der Waals surface area contributed by atoms with Crippen molar-refractivity contribution in [3.63, 3.8) is 0 Å². The highest BCUT2D eigenvalue weighted by Crippen LogP contribution is 2.29. The Kier molecular flexibility index (Phi) is 4.94. The van der Waals surface area contributed by atoms with Gasteiger partial charge in [-0.15, -0.1) is 11.3 Å². The van der Waals surface area contributed by atoms with Crippen LogP contribution in [0.15, 0.2) is 24.3 Å². The molecular weight excluding hydrogens is 334 g/mol. The Bertz CT molecular complexity index is 895. The first-order chi connectivity index (χ1) is 12.0. The maximum Gasteiger partial charge on any atom is 0.225 e. The molecule has 2 N–H and O–H groups in total. The third-order valence-electron chi connectivity index (χ3n) is 3.85. The minimum Gasteiger partial charge on any atom is -0.369 e. The Morgan fingerprint density at radius 1 is 1.20 bits per heavy atom. The summed E-state index contributed by atoms with van der Waals surface area (Å²) in [7, 11) is 0. The molecule has 0 aliphatic rings. The summed E-state index contributed by atoms with van der Waals surface area (Å²) in [5.41, 5.74) is 8.58. The number of carbonyl (C=O) groups excluding carboxylic acids is 1. The van der Waals surface area contributed by atoms with E-state index < -0.39 is 5.91 Å². The minimum absolute atomic E-state index is 0.0341. The lowest BCUT2D eigenvalue weighted by Gasteiger charge is -2.06. The summed E-state index contributed by atoms with van der Waals surface area (Å²) in [6, 6.07) is 8.30. The number of amides is 1. The van der Waals surface area contributed by atoms with Crippen LogP contribution in [-0.2, 0) is 24.2 Å². The number of carbonyl (C=O) groups is 1. The van der Waals surface area contributed by atoms with Crippen LogP contribution in [0.5, 0.6) is 0 Å². The summed E-state index contributed by atoms with van der Waals surface area (Å²) < 4.78 is 1.84. The summed E-state index contributed by atoms with van der Waals surface area (Å²) >= 11 is 1.62. The van der Waals surface area contributed by atoms with Crippen LogP contribution in [0, 0.1) is 13.8 Å². The van der Waals surface area contributed by atoms with Crippen LogP contribution < -0.4 is 5.73 Å². The van der Waals surface area contributed by atoms with Crippen molar-refractivity contribution in [3.8, 4) is 10.7 Å². The molecule has 6 nitrogen and oxygen atoms in total. The number of rotatable bonds is 6. The van der Waals surface area contributed by atoms with Gasteiger partial charge in [-0.1, -0.05) is 36.8 Å². The van der Waals surface area contributed by atoms with Gasteiger partial charge < -0.3 is 5.73 Å². The third-order valence-corrected chi connectivity index (χ3v) is 5.15. The van der Waals surface area contributed by atoms with Gasteiger partial charge in [-0.3, -0.25) is 4.79 Å². The van der Waals surface area contributed by atoms with E-state index in [2.05, 4.69) is 53.2 Å². The number of nitrogens with two attached hydrogens (primary N) is 1. The van der Waals surface area contributed by atoms with Gasteiger partial charge in [0.1, 0.15) is 0 Å². The standard InChI is InChI=1S/C18H21N5OS/c1-4-16-20-12(3)17(25-16)18-21-15(9-14(19)24)22-23(18)10-13-7-5-11(2)6-8-13/h5-8H,4,9-10H2,1-3H3,(H2,19,24). The molecule has 3 aromatic rings. The topological polar surface area (TPSA) is 86.7 Å². The molecule has 0 aliphatic heterocycles. The molecule has 0 bridgehead atoms. The van der Waals surface area contributed by atoms with Gasteiger partial charge in [0.2, 0.25) is 5.91 Å². The number of thiazole rings is 1. The molecule has 7 heteroatoms. The average Bonchev–Trinajstić information content (AvgIpc) is 3.12. The molecule has 0 radical (unpaired) electrons. The fourth-order valence-electron chi connectivity index (χ4n) is 2.58. The smallest absolute Gasteiger partial charge is 0.225 e. The van der Waals surface area contributed by atoms with Gasteiger partial charge in [-0.05, 0) is 25.8 Å². The maximum atomic E-state index is 11.3. The van der Waals surface area contributed by atoms with Crippen molar-refractivity contribution in [2.45, 2.75) is 40.2 Å². The van der Waals surface area contributed by atoms with Crippen LogP contribution >= 0.6 is 11.3 Å². The first-order valence-electron chi connectivity index (χ1n) is 8.20. The van der Waals surface area contributed by atoms with Gasteiger partial charge in [0.25, 0.3) is 0 Å². The van der Waals surface area contributed by atoms with Gasteiger partial charge in [0.05, 0.1) is 28.5 Å². The van der Waals surface area contributed by atoms with E-state index in [1.54, 1.807) is 11.3 Å². The van der Waals surface area contributed by atoms with Crippen molar-refractivity contribution in [1.29, 1.82) is 0 Å². The van der Waals surface area contributed by atoms with Crippen LogP contribution in [0.1, 0.15) is 34.6 Å². The molecule has 1 aromatic carbocycles. The summed E-state index contributed by atoms with van der Waals surface area (Å²) in [5.74, 6) is 0.751. The highest BCUT2D eigenvalue weighted by molar-refractivity contribution is 7.15. The maximum absolute atomic E-state index is 11.3. The Morgan fingerprint density at radius 2 is 1.92 bits per heavy atom. The molecule has 25 heavy (non-hydrogen) atoms. The van der Waals surface area contributed by atoms with Crippen molar-refractivity contribution in [3.05, 3.63) is 51.9 Å². The molecule has 0 fully saturated rings. The van der Waals surface area contributed by atoms with E-state index in [4.69, 9.17) is 5.73 Å². The number of aromatic nitrogens is 4. The highest BCUT2D eigenvalue weighted by atomic mass is 32.1. The number of benzene rings is 1. The van der Waals surface area contributed by atoms with Crippen molar-refractivity contribution in [2.75, 3.05) is 0 Å². The molecule has 2 aromatic heterocycles. The van der Waals surface area contributed by atoms with Crippen molar-refractivity contribution in [1.82, 2.24) is 19.7 Å². The summed E-state index contributed by atoms with van der Waals surface area (Å²) in [6.07, 6.45) is 0.915. The second kappa shape index (κ2) is 7.14. The third kappa shape index (κ3) is 3.93. The Labute approximate surface area is 150 Å². The van der Waals surface area contributed by atoms with Crippen molar-refractivity contribution in [2.24, 2.45) is 5.73 Å². The number of primary amides is 1. The van der Waals surface area contributed by atoms with Crippen LogP contribution in [0.4, 0.5) is 0 Å². The van der Waals surface area contributed by atoms with E-state index in [-0.39, 0.29) is 6.42 Å². The predicted molar refractivity (Wildman–Crippen MR) is 98.4 cm³/mol. The lowest BCUT2D eigenvalue weighted by atomic mass is 10.1. The normalized spacial score (nSPS) is 11.0. The van der Waals surface area contributed by atoms with E-state index in [9.17, 15) is 4.79 Å². The molecule has 2 heterocycles. The van der Waals surface area contributed by atoms with E-state index in [0.717, 1.165) is 33.4 Å². The molecule has 0 saturated carbocycles. The second-order valence-electron chi connectivity index (χ2n) is 6.01.